The Morgan fingerprint density at radius 1 is 0.676 bits per heavy atom. The van der Waals surface area contributed by atoms with Gasteiger partial charge in [-0.25, -0.2) is 9.67 Å². The van der Waals surface area contributed by atoms with Crippen molar-refractivity contribution in [3.8, 4) is 22.6 Å². The standard InChI is InChI=1S/C32H27N5/c1-24-10-6-11-25(2)32(24)35-22-31(33-23-35)26-12-7-16-29(20-26)37(27-13-4-3-5-14-27)30-17-8-15-28(21-30)36-19-9-18-34-36/h3-23H,1-2H3. The quantitative estimate of drug-likeness (QED) is 0.243. The number of rotatable bonds is 6. The maximum atomic E-state index is 4.77. The Morgan fingerprint density at radius 2 is 1.38 bits per heavy atom. The van der Waals surface area contributed by atoms with Crippen molar-refractivity contribution < 1.29 is 0 Å². The molecule has 0 atom stereocenters. The van der Waals surface area contributed by atoms with Crippen molar-refractivity contribution in [3.05, 3.63) is 139 Å². The molecule has 2 aromatic heterocycles. The number of para-hydroxylation sites is 2. The topological polar surface area (TPSA) is 38.9 Å². The summed E-state index contributed by atoms with van der Waals surface area (Å²) >= 11 is 0. The summed E-state index contributed by atoms with van der Waals surface area (Å²) in [5, 5.41) is 4.41. The first-order valence-electron chi connectivity index (χ1n) is 12.3. The highest BCUT2D eigenvalue weighted by Gasteiger charge is 2.15. The number of imidazole rings is 1. The number of aromatic nitrogens is 4. The normalized spacial score (nSPS) is 11.0. The third kappa shape index (κ3) is 4.43. The van der Waals surface area contributed by atoms with Crippen LogP contribution in [0.2, 0.25) is 0 Å². The second kappa shape index (κ2) is 9.63. The van der Waals surface area contributed by atoms with Crippen LogP contribution in [0.1, 0.15) is 11.1 Å². The molecule has 6 rings (SSSR count). The van der Waals surface area contributed by atoms with Crippen LogP contribution in [-0.4, -0.2) is 19.3 Å². The van der Waals surface area contributed by atoms with Crippen molar-refractivity contribution in [1.82, 2.24) is 19.3 Å². The van der Waals surface area contributed by atoms with E-state index in [4.69, 9.17) is 4.98 Å². The summed E-state index contributed by atoms with van der Waals surface area (Å²) in [6.07, 6.45) is 7.77. The monoisotopic (exact) mass is 481 g/mol. The molecule has 0 fully saturated rings. The van der Waals surface area contributed by atoms with Crippen LogP contribution in [0.15, 0.2) is 128 Å². The average molecular weight is 482 g/mol. The average Bonchev–Trinajstić information content (AvgIpc) is 3.63. The highest BCUT2D eigenvalue weighted by molar-refractivity contribution is 5.80. The lowest BCUT2D eigenvalue weighted by molar-refractivity contribution is 0.880. The van der Waals surface area contributed by atoms with E-state index in [9.17, 15) is 0 Å². The molecule has 0 bridgehead atoms. The van der Waals surface area contributed by atoms with Gasteiger partial charge in [-0.2, -0.15) is 5.10 Å². The van der Waals surface area contributed by atoms with E-state index in [0.29, 0.717) is 0 Å². The third-order valence-corrected chi connectivity index (χ3v) is 6.55. The number of nitrogens with zero attached hydrogens (tertiary/aromatic N) is 5. The van der Waals surface area contributed by atoms with Crippen molar-refractivity contribution in [3.63, 3.8) is 0 Å². The zero-order valence-corrected chi connectivity index (χ0v) is 20.9. The maximum absolute atomic E-state index is 4.77. The fraction of sp³-hybridized carbons (Fsp3) is 0.0625. The van der Waals surface area contributed by atoms with E-state index in [1.165, 1.54) is 16.8 Å². The summed E-state index contributed by atoms with van der Waals surface area (Å²) in [4.78, 5) is 7.03. The predicted octanol–water partition coefficient (Wildman–Crippen LogP) is 7.81. The molecular formula is C32H27N5. The summed E-state index contributed by atoms with van der Waals surface area (Å²) in [5.41, 5.74) is 9.83. The molecule has 180 valence electrons. The Hall–Kier alpha value is -4.90. The predicted molar refractivity (Wildman–Crippen MR) is 150 cm³/mol. The first-order valence-corrected chi connectivity index (χ1v) is 12.3. The van der Waals surface area contributed by atoms with E-state index < -0.39 is 0 Å². The summed E-state index contributed by atoms with van der Waals surface area (Å²) in [5.74, 6) is 0. The van der Waals surface area contributed by atoms with Crippen molar-refractivity contribution in [2.24, 2.45) is 0 Å². The lowest BCUT2D eigenvalue weighted by Gasteiger charge is -2.26. The molecular weight excluding hydrogens is 454 g/mol. The Kier molecular flexibility index (Phi) is 5.87. The van der Waals surface area contributed by atoms with Gasteiger partial charge < -0.3 is 9.47 Å². The largest absolute Gasteiger partial charge is 0.310 e. The van der Waals surface area contributed by atoms with E-state index in [2.05, 4.69) is 126 Å². The van der Waals surface area contributed by atoms with Crippen molar-refractivity contribution in [1.29, 1.82) is 0 Å². The molecule has 0 amide bonds. The number of aryl methyl sites for hydroxylation is 2. The Bertz CT molecular complexity index is 1630. The minimum Gasteiger partial charge on any atom is -0.310 e. The van der Waals surface area contributed by atoms with Crippen LogP contribution in [0.4, 0.5) is 17.1 Å². The lowest BCUT2D eigenvalue weighted by atomic mass is 10.1. The smallest absolute Gasteiger partial charge is 0.0999 e. The SMILES string of the molecule is Cc1cccc(C)c1-n1cnc(-c2cccc(N(c3ccccc3)c3cccc(-n4cccn4)c3)c2)c1. The van der Waals surface area contributed by atoms with Gasteiger partial charge in [0.25, 0.3) is 0 Å². The molecule has 0 saturated heterocycles. The molecule has 5 heteroatoms. The van der Waals surface area contributed by atoms with Gasteiger partial charge in [0.05, 0.1) is 23.4 Å². The second-order valence-electron chi connectivity index (χ2n) is 9.10. The fourth-order valence-electron chi connectivity index (χ4n) is 4.83. The van der Waals surface area contributed by atoms with Crippen LogP contribution in [-0.2, 0) is 0 Å². The molecule has 0 N–H and O–H groups in total. The fourth-order valence-corrected chi connectivity index (χ4v) is 4.83. The van der Waals surface area contributed by atoms with Crippen LogP contribution < -0.4 is 4.90 Å². The third-order valence-electron chi connectivity index (χ3n) is 6.55. The van der Waals surface area contributed by atoms with Gasteiger partial charge in [0, 0.05) is 41.2 Å². The van der Waals surface area contributed by atoms with Gasteiger partial charge in [0.2, 0.25) is 0 Å². The van der Waals surface area contributed by atoms with E-state index in [-0.39, 0.29) is 0 Å². The maximum Gasteiger partial charge on any atom is 0.0999 e. The van der Waals surface area contributed by atoms with Crippen molar-refractivity contribution in [2.75, 3.05) is 4.90 Å². The zero-order chi connectivity index (χ0) is 25.2. The van der Waals surface area contributed by atoms with Gasteiger partial charge in [-0.3, -0.25) is 0 Å². The first kappa shape index (κ1) is 22.6. The van der Waals surface area contributed by atoms with Gasteiger partial charge in [0.15, 0.2) is 0 Å². The molecule has 2 heterocycles. The van der Waals surface area contributed by atoms with E-state index >= 15 is 0 Å². The highest BCUT2D eigenvalue weighted by atomic mass is 15.3. The van der Waals surface area contributed by atoms with Crippen LogP contribution in [0, 0.1) is 13.8 Å². The minimum atomic E-state index is 0.933. The summed E-state index contributed by atoms with van der Waals surface area (Å²) in [6, 6.07) is 35.7. The number of benzene rings is 4. The van der Waals surface area contributed by atoms with Crippen LogP contribution in [0.5, 0.6) is 0 Å². The second-order valence-corrected chi connectivity index (χ2v) is 9.10. The Labute approximate surface area is 216 Å². The first-order chi connectivity index (χ1) is 18.2. The van der Waals surface area contributed by atoms with E-state index in [1.807, 2.05) is 29.3 Å². The zero-order valence-electron chi connectivity index (χ0n) is 20.9. The van der Waals surface area contributed by atoms with Crippen molar-refractivity contribution >= 4 is 17.1 Å². The molecule has 0 unspecified atom stereocenters. The lowest BCUT2D eigenvalue weighted by Crippen LogP contribution is -2.10. The van der Waals surface area contributed by atoms with Gasteiger partial charge in [-0.05, 0) is 73.5 Å². The van der Waals surface area contributed by atoms with Crippen LogP contribution in [0.3, 0.4) is 0 Å². The van der Waals surface area contributed by atoms with E-state index in [0.717, 1.165) is 34.0 Å². The highest BCUT2D eigenvalue weighted by Crippen LogP contribution is 2.37. The van der Waals surface area contributed by atoms with Gasteiger partial charge in [-0.15, -0.1) is 0 Å². The van der Waals surface area contributed by atoms with Crippen LogP contribution >= 0.6 is 0 Å². The Balaban J connectivity index is 1.43. The summed E-state index contributed by atoms with van der Waals surface area (Å²) < 4.78 is 4.00. The molecule has 6 aromatic rings. The molecule has 0 spiro atoms. The van der Waals surface area contributed by atoms with Gasteiger partial charge in [0.1, 0.15) is 0 Å². The molecule has 0 aliphatic rings. The molecule has 0 aliphatic heterocycles. The number of anilines is 3. The molecule has 5 nitrogen and oxygen atoms in total. The molecule has 0 saturated carbocycles. The van der Waals surface area contributed by atoms with Crippen molar-refractivity contribution in [2.45, 2.75) is 13.8 Å². The number of hydrogen-bond donors (Lipinski definition) is 0. The van der Waals surface area contributed by atoms with Crippen LogP contribution in [0.25, 0.3) is 22.6 Å². The summed E-state index contributed by atoms with van der Waals surface area (Å²) in [7, 11) is 0. The number of hydrogen-bond acceptors (Lipinski definition) is 3. The minimum absolute atomic E-state index is 0.933. The van der Waals surface area contributed by atoms with E-state index in [1.54, 1.807) is 6.20 Å². The summed E-state index contributed by atoms with van der Waals surface area (Å²) in [6.45, 7) is 4.27. The molecule has 37 heavy (non-hydrogen) atoms. The van der Waals surface area contributed by atoms with Gasteiger partial charge in [-0.1, -0.05) is 54.6 Å². The Morgan fingerprint density at radius 3 is 2.14 bits per heavy atom. The van der Waals surface area contributed by atoms with Gasteiger partial charge >= 0.3 is 0 Å². The molecule has 0 aliphatic carbocycles. The molecule has 4 aromatic carbocycles. The molecule has 0 radical (unpaired) electrons.